The quantitative estimate of drug-likeness (QED) is 0.556. The maximum Gasteiger partial charge on any atom is 0.328 e. The number of hydrogen-bond acceptors (Lipinski definition) is 4. The fraction of sp³-hybridized carbons (Fsp3) is 0.222. The molecular weight excluding hydrogens is 421 g/mol. The van der Waals surface area contributed by atoms with Gasteiger partial charge in [-0.15, -0.1) is 0 Å². The van der Waals surface area contributed by atoms with Crippen LogP contribution in [0.1, 0.15) is 15.9 Å². The van der Waals surface area contributed by atoms with Gasteiger partial charge in [-0.1, -0.05) is 30.3 Å². The van der Waals surface area contributed by atoms with Gasteiger partial charge >= 0.3 is 5.97 Å². The molecule has 24 heavy (non-hydrogen) atoms. The second-order valence-electron chi connectivity index (χ2n) is 5.09. The predicted molar refractivity (Wildman–Crippen MR) is 99.1 cm³/mol. The van der Waals surface area contributed by atoms with Gasteiger partial charge in [-0.25, -0.2) is 4.79 Å². The third-order valence-corrected chi connectivity index (χ3v) is 4.33. The van der Waals surface area contributed by atoms with Crippen molar-refractivity contribution in [2.24, 2.45) is 0 Å². The van der Waals surface area contributed by atoms with Crippen molar-refractivity contribution in [3.05, 3.63) is 63.2 Å². The summed E-state index contributed by atoms with van der Waals surface area (Å²) in [4.78, 5) is 24.4. The monoisotopic (exact) mass is 439 g/mol. The molecule has 1 atom stereocenters. The average molecular weight is 439 g/mol. The fourth-order valence-corrected chi connectivity index (χ4v) is 2.97. The van der Waals surface area contributed by atoms with E-state index in [4.69, 9.17) is 9.47 Å². The molecule has 2 rings (SSSR count). The van der Waals surface area contributed by atoms with Gasteiger partial charge < -0.3 is 14.8 Å². The second kappa shape index (κ2) is 8.68. The second-order valence-corrected chi connectivity index (χ2v) is 6.25. The minimum Gasteiger partial charge on any atom is -0.496 e. The smallest absolute Gasteiger partial charge is 0.328 e. The fourth-order valence-electron chi connectivity index (χ4n) is 2.23. The van der Waals surface area contributed by atoms with Crippen LogP contribution in [0.5, 0.6) is 5.75 Å². The maximum absolute atomic E-state index is 12.5. The number of carbonyl (C=O) groups excluding carboxylic acids is 2. The Bertz CT molecular complexity index is 718. The standard InChI is InChI=1S/C18H18INO4/c1-23-16-9-8-13(11-14(16)19)17(21)20-15(18(22)24-2)10-12-6-4-3-5-7-12/h3-9,11,15H,10H2,1-2H3,(H,20,21). The van der Waals surface area contributed by atoms with Crippen molar-refractivity contribution in [2.45, 2.75) is 12.5 Å². The van der Waals surface area contributed by atoms with Gasteiger partial charge in [-0.05, 0) is 46.4 Å². The molecule has 0 heterocycles. The highest BCUT2D eigenvalue weighted by Crippen LogP contribution is 2.21. The number of rotatable bonds is 6. The lowest BCUT2D eigenvalue weighted by Crippen LogP contribution is -2.43. The van der Waals surface area contributed by atoms with E-state index in [9.17, 15) is 9.59 Å². The zero-order valence-corrected chi connectivity index (χ0v) is 15.6. The highest BCUT2D eigenvalue weighted by molar-refractivity contribution is 14.1. The molecule has 2 aromatic rings. The maximum atomic E-state index is 12.5. The highest BCUT2D eigenvalue weighted by Gasteiger charge is 2.23. The number of halogens is 1. The Morgan fingerprint density at radius 3 is 2.42 bits per heavy atom. The van der Waals surface area contributed by atoms with Crippen LogP contribution >= 0.6 is 22.6 Å². The van der Waals surface area contributed by atoms with Gasteiger partial charge in [0.15, 0.2) is 0 Å². The van der Waals surface area contributed by atoms with Crippen molar-refractivity contribution >= 4 is 34.5 Å². The normalized spacial score (nSPS) is 11.5. The lowest BCUT2D eigenvalue weighted by molar-refractivity contribution is -0.142. The summed E-state index contributed by atoms with van der Waals surface area (Å²) in [6.45, 7) is 0. The molecule has 2 aromatic carbocycles. The van der Waals surface area contributed by atoms with E-state index >= 15 is 0 Å². The van der Waals surface area contributed by atoms with Crippen LogP contribution in [0.4, 0.5) is 0 Å². The Labute approximate surface area is 154 Å². The summed E-state index contributed by atoms with van der Waals surface area (Å²) in [6, 6.07) is 13.8. The molecule has 0 aromatic heterocycles. The molecule has 0 radical (unpaired) electrons. The zero-order chi connectivity index (χ0) is 17.5. The Balaban J connectivity index is 2.15. The van der Waals surface area contributed by atoms with Crippen molar-refractivity contribution in [2.75, 3.05) is 14.2 Å². The molecule has 0 bridgehead atoms. The number of benzene rings is 2. The first-order valence-corrected chi connectivity index (χ1v) is 8.39. The van der Waals surface area contributed by atoms with E-state index in [0.717, 1.165) is 9.13 Å². The summed E-state index contributed by atoms with van der Waals surface area (Å²) in [5, 5.41) is 2.74. The van der Waals surface area contributed by atoms with Crippen molar-refractivity contribution < 1.29 is 19.1 Å². The molecular formula is C18H18INO4. The SMILES string of the molecule is COC(=O)C(Cc1ccccc1)NC(=O)c1ccc(OC)c(I)c1. The lowest BCUT2D eigenvalue weighted by atomic mass is 10.1. The Morgan fingerprint density at radius 1 is 1.12 bits per heavy atom. The summed E-state index contributed by atoms with van der Waals surface area (Å²) in [5.41, 5.74) is 1.40. The molecule has 0 saturated heterocycles. The Hall–Kier alpha value is -2.09. The minimum atomic E-state index is -0.746. The Morgan fingerprint density at radius 2 is 1.83 bits per heavy atom. The number of methoxy groups -OCH3 is 2. The summed E-state index contributed by atoms with van der Waals surface area (Å²) >= 11 is 2.10. The van der Waals surface area contributed by atoms with Crippen LogP contribution in [-0.4, -0.2) is 32.1 Å². The van der Waals surface area contributed by atoms with Gasteiger partial charge in [-0.3, -0.25) is 4.79 Å². The largest absolute Gasteiger partial charge is 0.496 e. The van der Waals surface area contributed by atoms with Gasteiger partial charge in [-0.2, -0.15) is 0 Å². The number of carbonyl (C=O) groups is 2. The van der Waals surface area contributed by atoms with Crippen LogP contribution in [-0.2, 0) is 16.0 Å². The molecule has 126 valence electrons. The molecule has 5 nitrogen and oxygen atoms in total. The van der Waals surface area contributed by atoms with Crippen LogP contribution in [0, 0.1) is 3.57 Å². The van der Waals surface area contributed by atoms with Crippen molar-refractivity contribution in [1.29, 1.82) is 0 Å². The molecule has 1 amide bonds. The van der Waals surface area contributed by atoms with E-state index in [2.05, 4.69) is 27.9 Å². The molecule has 6 heteroatoms. The molecule has 0 aliphatic rings. The number of ether oxygens (including phenoxy) is 2. The molecule has 0 aliphatic heterocycles. The molecule has 0 fully saturated rings. The van der Waals surface area contributed by atoms with Crippen molar-refractivity contribution in [3.63, 3.8) is 0 Å². The van der Waals surface area contributed by atoms with E-state index in [1.165, 1.54) is 7.11 Å². The van der Waals surface area contributed by atoms with Crippen LogP contribution in [0.2, 0.25) is 0 Å². The van der Waals surface area contributed by atoms with Crippen molar-refractivity contribution in [1.82, 2.24) is 5.32 Å². The minimum absolute atomic E-state index is 0.332. The topological polar surface area (TPSA) is 64.6 Å². The third-order valence-electron chi connectivity index (χ3n) is 3.49. The van der Waals surface area contributed by atoms with Crippen LogP contribution in [0.15, 0.2) is 48.5 Å². The van der Waals surface area contributed by atoms with E-state index in [0.29, 0.717) is 17.7 Å². The molecule has 0 saturated carbocycles. The lowest BCUT2D eigenvalue weighted by Gasteiger charge is -2.17. The van der Waals surface area contributed by atoms with E-state index in [-0.39, 0.29) is 5.91 Å². The van der Waals surface area contributed by atoms with Crippen LogP contribution < -0.4 is 10.1 Å². The van der Waals surface area contributed by atoms with Gasteiger partial charge in [0.25, 0.3) is 5.91 Å². The predicted octanol–water partition coefficient (Wildman–Crippen LogP) is 2.81. The summed E-state index contributed by atoms with van der Waals surface area (Å²) in [7, 11) is 2.88. The number of amides is 1. The Kier molecular flexibility index (Phi) is 6.60. The van der Waals surface area contributed by atoms with Crippen molar-refractivity contribution in [3.8, 4) is 5.75 Å². The van der Waals surface area contributed by atoms with Crippen LogP contribution in [0.3, 0.4) is 0 Å². The average Bonchev–Trinajstić information content (AvgIpc) is 2.61. The zero-order valence-electron chi connectivity index (χ0n) is 13.4. The van der Waals surface area contributed by atoms with E-state index in [1.54, 1.807) is 25.3 Å². The number of hydrogen-bond donors (Lipinski definition) is 1. The van der Waals surface area contributed by atoms with E-state index in [1.807, 2.05) is 30.3 Å². The van der Waals surface area contributed by atoms with E-state index < -0.39 is 12.0 Å². The van der Waals surface area contributed by atoms with Gasteiger partial charge in [0.05, 0.1) is 17.8 Å². The molecule has 0 spiro atoms. The summed E-state index contributed by atoms with van der Waals surface area (Å²) < 4.78 is 10.8. The number of nitrogens with one attached hydrogen (secondary N) is 1. The first kappa shape index (κ1) is 18.3. The number of esters is 1. The third kappa shape index (κ3) is 4.70. The molecule has 0 aliphatic carbocycles. The highest BCUT2D eigenvalue weighted by atomic mass is 127. The van der Waals surface area contributed by atoms with Gasteiger partial charge in [0.2, 0.25) is 0 Å². The first-order chi connectivity index (χ1) is 11.5. The first-order valence-electron chi connectivity index (χ1n) is 7.31. The summed E-state index contributed by atoms with van der Waals surface area (Å²) in [6.07, 6.45) is 0.368. The van der Waals surface area contributed by atoms with Gasteiger partial charge in [0.1, 0.15) is 11.8 Å². The molecule has 1 unspecified atom stereocenters. The summed E-state index contributed by atoms with van der Waals surface area (Å²) in [5.74, 6) is -0.113. The van der Waals surface area contributed by atoms with Crippen LogP contribution in [0.25, 0.3) is 0 Å². The molecule has 1 N–H and O–H groups in total. The van der Waals surface area contributed by atoms with Gasteiger partial charge in [0, 0.05) is 12.0 Å².